The van der Waals surface area contributed by atoms with Crippen molar-refractivity contribution in [2.75, 3.05) is 27.4 Å². The predicted octanol–water partition coefficient (Wildman–Crippen LogP) is 3.82. The first kappa shape index (κ1) is 20.1. The smallest absolute Gasteiger partial charge is 0.224 e. The Balaban J connectivity index is 1.85. The first-order valence-electron chi connectivity index (χ1n) is 8.31. The topological polar surface area (TPSA) is 56.8 Å². The lowest BCUT2D eigenvalue weighted by Crippen LogP contribution is -2.29. The lowest BCUT2D eigenvalue weighted by molar-refractivity contribution is -0.120. The fourth-order valence-corrected chi connectivity index (χ4v) is 3.04. The van der Waals surface area contributed by atoms with Gasteiger partial charge in [-0.25, -0.2) is 0 Å². The van der Waals surface area contributed by atoms with Crippen LogP contribution in [0, 0.1) is 13.8 Å². The van der Waals surface area contributed by atoms with Gasteiger partial charge in [-0.15, -0.1) is 0 Å². The molecule has 0 aliphatic heterocycles. The maximum Gasteiger partial charge on any atom is 0.224 e. The molecule has 1 N–H and O–H groups in total. The number of hydrogen-bond donors (Lipinski definition) is 1. The highest BCUT2D eigenvalue weighted by molar-refractivity contribution is 9.10. The first-order chi connectivity index (χ1) is 12.4. The molecule has 0 saturated heterocycles. The van der Waals surface area contributed by atoms with Crippen molar-refractivity contribution in [1.29, 1.82) is 0 Å². The molecule has 5 nitrogen and oxygen atoms in total. The number of nitrogens with one attached hydrogen (secondary N) is 1. The molecule has 0 aliphatic rings. The van der Waals surface area contributed by atoms with Crippen LogP contribution in [0.5, 0.6) is 17.2 Å². The van der Waals surface area contributed by atoms with Crippen LogP contribution < -0.4 is 19.5 Å². The largest absolute Gasteiger partial charge is 0.493 e. The van der Waals surface area contributed by atoms with Gasteiger partial charge in [0, 0.05) is 4.47 Å². The fraction of sp³-hybridized carbons (Fsp3) is 0.350. The van der Waals surface area contributed by atoms with Gasteiger partial charge >= 0.3 is 0 Å². The highest BCUT2D eigenvalue weighted by atomic mass is 79.9. The van der Waals surface area contributed by atoms with Crippen LogP contribution in [0.2, 0.25) is 0 Å². The molecular weight excluding hydrogens is 398 g/mol. The van der Waals surface area contributed by atoms with E-state index in [0.717, 1.165) is 21.3 Å². The van der Waals surface area contributed by atoms with E-state index in [1.807, 2.05) is 26.0 Å². The summed E-state index contributed by atoms with van der Waals surface area (Å²) in [5, 5.41) is 2.87. The number of methoxy groups -OCH3 is 2. The number of carbonyl (C=O) groups excluding carboxylic acids is 1. The van der Waals surface area contributed by atoms with Crippen molar-refractivity contribution < 1.29 is 19.0 Å². The fourth-order valence-electron chi connectivity index (χ4n) is 2.58. The molecule has 0 bridgehead atoms. The van der Waals surface area contributed by atoms with Crippen LogP contribution in [0.25, 0.3) is 0 Å². The number of hydrogen-bond acceptors (Lipinski definition) is 4. The van der Waals surface area contributed by atoms with Crippen molar-refractivity contribution in [3.05, 3.63) is 51.5 Å². The standard InChI is InChI=1S/C20H24BrNO4/c1-13-5-6-17(14(2)9-13)26-8-7-22-20(23)11-15-10-18(24-3)19(25-4)12-16(15)21/h5-6,9-10,12H,7-8,11H2,1-4H3,(H,22,23). The average Bonchev–Trinajstić information content (AvgIpc) is 2.61. The molecule has 0 saturated carbocycles. The van der Waals surface area contributed by atoms with Crippen molar-refractivity contribution >= 4 is 21.8 Å². The second-order valence-corrected chi connectivity index (χ2v) is 6.80. The van der Waals surface area contributed by atoms with E-state index in [-0.39, 0.29) is 12.3 Å². The molecule has 0 heterocycles. The van der Waals surface area contributed by atoms with Crippen molar-refractivity contribution in [3.8, 4) is 17.2 Å². The van der Waals surface area contributed by atoms with Crippen LogP contribution in [-0.2, 0) is 11.2 Å². The Bertz CT molecular complexity index is 777. The van der Waals surface area contributed by atoms with Crippen LogP contribution >= 0.6 is 15.9 Å². The molecule has 0 fully saturated rings. The summed E-state index contributed by atoms with van der Waals surface area (Å²) in [7, 11) is 3.15. The summed E-state index contributed by atoms with van der Waals surface area (Å²) in [4.78, 5) is 12.2. The quantitative estimate of drug-likeness (QED) is 0.658. The van der Waals surface area contributed by atoms with E-state index in [1.165, 1.54) is 5.56 Å². The third kappa shape index (κ3) is 5.39. The highest BCUT2D eigenvalue weighted by Crippen LogP contribution is 2.33. The predicted molar refractivity (Wildman–Crippen MR) is 105 cm³/mol. The third-order valence-corrected chi connectivity index (χ3v) is 4.65. The van der Waals surface area contributed by atoms with Crippen molar-refractivity contribution in [2.24, 2.45) is 0 Å². The molecule has 26 heavy (non-hydrogen) atoms. The molecule has 140 valence electrons. The molecule has 2 aromatic carbocycles. The first-order valence-corrected chi connectivity index (χ1v) is 9.11. The number of benzene rings is 2. The van der Waals surface area contributed by atoms with Gasteiger partial charge in [-0.3, -0.25) is 4.79 Å². The Labute approximate surface area is 162 Å². The molecule has 0 aromatic heterocycles. The molecule has 0 atom stereocenters. The molecule has 6 heteroatoms. The van der Waals surface area contributed by atoms with Gasteiger partial charge in [0.15, 0.2) is 11.5 Å². The van der Waals surface area contributed by atoms with E-state index in [4.69, 9.17) is 14.2 Å². The van der Waals surface area contributed by atoms with Crippen molar-refractivity contribution in [3.63, 3.8) is 0 Å². The Kier molecular flexibility index (Phi) is 7.33. The summed E-state index contributed by atoms with van der Waals surface area (Å²) in [6.45, 7) is 4.92. The zero-order valence-corrected chi connectivity index (χ0v) is 17.1. The highest BCUT2D eigenvalue weighted by Gasteiger charge is 2.12. The molecular formula is C20H24BrNO4. The Hall–Kier alpha value is -2.21. The maximum absolute atomic E-state index is 12.2. The van der Waals surface area contributed by atoms with Gasteiger partial charge in [0.05, 0.1) is 27.2 Å². The molecule has 0 unspecified atom stereocenters. The number of amides is 1. The zero-order chi connectivity index (χ0) is 19.1. The summed E-state index contributed by atoms with van der Waals surface area (Å²) < 4.78 is 17.1. The number of rotatable bonds is 8. The summed E-state index contributed by atoms with van der Waals surface area (Å²) in [5.41, 5.74) is 3.12. The minimum absolute atomic E-state index is 0.0813. The van der Waals surface area contributed by atoms with Gasteiger partial charge in [-0.2, -0.15) is 0 Å². The number of carbonyl (C=O) groups is 1. The van der Waals surface area contributed by atoms with Crippen LogP contribution in [0.4, 0.5) is 0 Å². The minimum atomic E-state index is -0.0813. The summed E-state index contributed by atoms with van der Waals surface area (Å²) >= 11 is 3.47. The molecule has 1 amide bonds. The summed E-state index contributed by atoms with van der Waals surface area (Å²) in [6.07, 6.45) is 0.241. The van der Waals surface area contributed by atoms with Gasteiger partial charge in [-0.05, 0) is 43.2 Å². The second-order valence-electron chi connectivity index (χ2n) is 5.94. The zero-order valence-electron chi connectivity index (χ0n) is 15.5. The second kappa shape index (κ2) is 9.48. The molecule has 2 aromatic rings. The normalized spacial score (nSPS) is 10.3. The van der Waals surface area contributed by atoms with Gasteiger partial charge in [0.2, 0.25) is 5.91 Å². The van der Waals surface area contributed by atoms with Crippen LogP contribution in [0.3, 0.4) is 0 Å². The van der Waals surface area contributed by atoms with Gasteiger partial charge < -0.3 is 19.5 Å². The maximum atomic E-state index is 12.2. The average molecular weight is 422 g/mol. The monoisotopic (exact) mass is 421 g/mol. The third-order valence-electron chi connectivity index (χ3n) is 3.92. The minimum Gasteiger partial charge on any atom is -0.493 e. The van der Waals surface area contributed by atoms with Gasteiger partial charge in [-0.1, -0.05) is 33.6 Å². The van der Waals surface area contributed by atoms with Gasteiger partial charge in [0.25, 0.3) is 0 Å². The number of aryl methyl sites for hydroxylation is 2. The molecule has 0 aliphatic carbocycles. The Morgan fingerprint density at radius 1 is 1.04 bits per heavy atom. The van der Waals surface area contributed by atoms with Crippen LogP contribution in [-0.4, -0.2) is 33.3 Å². The van der Waals surface area contributed by atoms with Crippen molar-refractivity contribution in [1.82, 2.24) is 5.32 Å². The SMILES string of the molecule is COc1cc(Br)c(CC(=O)NCCOc2ccc(C)cc2C)cc1OC. The lowest BCUT2D eigenvalue weighted by Gasteiger charge is -2.13. The van der Waals surface area contributed by atoms with E-state index in [0.29, 0.717) is 24.7 Å². The van der Waals surface area contributed by atoms with E-state index in [2.05, 4.69) is 27.3 Å². The van der Waals surface area contributed by atoms with E-state index < -0.39 is 0 Å². The number of ether oxygens (including phenoxy) is 3. The summed E-state index contributed by atoms with van der Waals surface area (Å²) in [6, 6.07) is 9.63. The Morgan fingerprint density at radius 3 is 2.38 bits per heavy atom. The molecule has 0 spiro atoms. The van der Waals surface area contributed by atoms with Crippen LogP contribution in [0.1, 0.15) is 16.7 Å². The van der Waals surface area contributed by atoms with Crippen LogP contribution in [0.15, 0.2) is 34.8 Å². The van der Waals surface area contributed by atoms with E-state index in [1.54, 1.807) is 26.4 Å². The lowest BCUT2D eigenvalue weighted by atomic mass is 10.1. The molecule has 0 radical (unpaired) electrons. The van der Waals surface area contributed by atoms with Gasteiger partial charge in [0.1, 0.15) is 12.4 Å². The molecule has 2 rings (SSSR count). The number of halogens is 1. The van der Waals surface area contributed by atoms with E-state index >= 15 is 0 Å². The van der Waals surface area contributed by atoms with Crippen molar-refractivity contribution in [2.45, 2.75) is 20.3 Å². The van der Waals surface area contributed by atoms with E-state index in [9.17, 15) is 4.79 Å². The summed E-state index contributed by atoms with van der Waals surface area (Å²) in [5.74, 6) is 1.97. The Morgan fingerprint density at radius 2 is 1.73 bits per heavy atom.